The van der Waals surface area contributed by atoms with Crippen LogP contribution in [0, 0.1) is 0 Å². The Kier molecular flexibility index (Phi) is 2.86. The maximum Gasteiger partial charge on any atom is 0.163 e. The first kappa shape index (κ1) is 11.0. The molecule has 0 aliphatic carbocycles. The third-order valence-corrected chi connectivity index (χ3v) is 2.53. The van der Waals surface area contributed by atoms with Crippen LogP contribution in [-0.2, 0) is 6.42 Å². The van der Waals surface area contributed by atoms with Crippen LogP contribution in [0.25, 0.3) is 0 Å². The Bertz CT molecular complexity index is 421. The SMILES string of the molecule is CC(=O)c1cc2c(cc1OC(C)C)CCO2. The van der Waals surface area contributed by atoms with Gasteiger partial charge in [-0.2, -0.15) is 0 Å². The lowest BCUT2D eigenvalue weighted by Gasteiger charge is -2.14. The molecule has 16 heavy (non-hydrogen) atoms. The van der Waals surface area contributed by atoms with Gasteiger partial charge >= 0.3 is 0 Å². The second-order valence-corrected chi connectivity index (χ2v) is 4.28. The molecule has 3 nitrogen and oxygen atoms in total. The average Bonchev–Trinajstić information content (AvgIpc) is 2.62. The summed E-state index contributed by atoms with van der Waals surface area (Å²) in [6.07, 6.45) is 0.959. The molecular formula is C13H16O3. The largest absolute Gasteiger partial charge is 0.493 e. The van der Waals surface area contributed by atoms with Crippen LogP contribution in [0.3, 0.4) is 0 Å². The molecule has 0 amide bonds. The number of hydrogen-bond donors (Lipinski definition) is 0. The number of fused-ring (bicyclic) bond motifs is 1. The van der Waals surface area contributed by atoms with Crippen molar-refractivity contribution in [3.05, 3.63) is 23.3 Å². The number of ketones is 1. The summed E-state index contributed by atoms with van der Waals surface area (Å²) in [5.41, 5.74) is 1.73. The molecule has 0 radical (unpaired) electrons. The number of Topliss-reactive ketones (excluding diaryl/α,β-unsaturated/α-hetero) is 1. The Labute approximate surface area is 95.4 Å². The summed E-state index contributed by atoms with van der Waals surface area (Å²) in [5.74, 6) is 1.50. The molecule has 0 atom stereocenters. The topological polar surface area (TPSA) is 35.5 Å². The van der Waals surface area contributed by atoms with Crippen molar-refractivity contribution in [2.75, 3.05) is 6.61 Å². The maximum absolute atomic E-state index is 11.5. The van der Waals surface area contributed by atoms with Crippen molar-refractivity contribution >= 4 is 5.78 Å². The van der Waals surface area contributed by atoms with E-state index in [2.05, 4.69) is 0 Å². The molecular weight excluding hydrogens is 204 g/mol. The van der Waals surface area contributed by atoms with Crippen LogP contribution >= 0.6 is 0 Å². The predicted molar refractivity (Wildman–Crippen MR) is 61.4 cm³/mol. The molecule has 1 heterocycles. The number of carbonyl (C=O) groups is 1. The summed E-state index contributed by atoms with van der Waals surface area (Å²) >= 11 is 0. The van der Waals surface area contributed by atoms with Gasteiger partial charge in [-0.1, -0.05) is 0 Å². The Balaban J connectivity index is 2.44. The highest BCUT2D eigenvalue weighted by molar-refractivity contribution is 5.97. The fourth-order valence-electron chi connectivity index (χ4n) is 1.83. The highest BCUT2D eigenvalue weighted by Crippen LogP contribution is 2.33. The highest BCUT2D eigenvalue weighted by atomic mass is 16.5. The van der Waals surface area contributed by atoms with Gasteiger partial charge in [0.05, 0.1) is 18.3 Å². The third-order valence-electron chi connectivity index (χ3n) is 2.53. The Morgan fingerprint density at radius 3 is 2.81 bits per heavy atom. The van der Waals surface area contributed by atoms with Gasteiger partial charge < -0.3 is 9.47 Å². The standard InChI is InChI=1S/C13H16O3/c1-8(2)16-13-6-10-4-5-15-12(10)7-11(13)9(3)14/h6-8H,4-5H2,1-3H3. The summed E-state index contributed by atoms with van der Waals surface area (Å²) in [5, 5.41) is 0. The van der Waals surface area contributed by atoms with Crippen molar-refractivity contribution in [3.63, 3.8) is 0 Å². The molecule has 0 aromatic heterocycles. The summed E-state index contributed by atoms with van der Waals surface area (Å²) in [7, 11) is 0. The van der Waals surface area contributed by atoms with E-state index in [-0.39, 0.29) is 11.9 Å². The van der Waals surface area contributed by atoms with Crippen LogP contribution in [-0.4, -0.2) is 18.5 Å². The molecule has 2 rings (SSSR count). The van der Waals surface area contributed by atoms with Gasteiger partial charge in [0.25, 0.3) is 0 Å². The van der Waals surface area contributed by atoms with Gasteiger partial charge in [-0.05, 0) is 32.9 Å². The molecule has 0 bridgehead atoms. The van der Waals surface area contributed by atoms with Gasteiger partial charge in [0, 0.05) is 12.0 Å². The van der Waals surface area contributed by atoms with Gasteiger partial charge in [-0.15, -0.1) is 0 Å². The fourth-order valence-corrected chi connectivity index (χ4v) is 1.83. The second-order valence-electron chi connectivity index (χ2n) is 4.28. The van der Waals surface area contributed by atoms with E-state index < -0.39 is 0 Å². The zero-order valence-electron chi connectivity index (χ0n) is 9.87. The zero-order chi connectivity index (χ0) is 11.7. The normalized spacial score (nSPS) is 13.5. The Morgan fingerprint density at radius 2 is 2.19 bits per heavy atom. The number of ether oxygens (including phenoxy) is 2. The van der Waals surface area contributed by atoms with Crippen LogP contribution in [0.2, 0.25) is 0 Å². The van der Waals surface area contributed by atoms with E-state index in [9.17, 15) is 4.79 Å². The number of carbonyl (C=O) groups excluding carboxylic acids is 1. The van der Waals surface area contributed by atoms with Crippen LogP contribution in [0.4, 0.5) is 0 Å². The lowest BCUT2D eigenvalue weighted by molar-refractivity contribution is 0.101. The monoisotopic (exact) mass is 220 g/mol. The first-order valence-corrected chi connectivity index (χ1v) is 5.55. The van der Waals surface area contributed by atoms with Crippen LogP contribution in [0.15, 0.2) is 12.1 Å². The molecule has 1 aliphatic heterocycles. The molecule has 3 heteroatoms. The van der Waals surface area contributed by atoms with Gasteiger partial charge in [0.1, 0.15) is 11.5 Å². The summed E-state index contributed by atoms with van der Waals surface area (Å²) in [6.45, 7) is 6.14. The van der Waals surface area contributed by atoms with E-state index in [1.807, 2.05) is 19.9 Å². The van der Waals surface area contributed by atoms with Gasteiger partial charge in [-0.25, -0.2) is 0 Å². The first-order valence-electron chi connectivity index (χ1n) is 5.55. The molecule has 1 aliphatic rings. The second kappa shape index (κ2) is 4.16. The minimum absolute atomic E-state index is 0.00829. The molecule has 1 aromatic carbocycles. The molecule has 1 aromatic rings. The molecule has 0 fully saturated rings. The average molecular weight is 220 g/mol. The maximum atomic E-state index is 11.5. The first-order chi connectivity index (χ1) is 7.58. The number of rotatable bonds is 3. The summed E-state index contributed by atoms with van der Waals surface area (Å²) in [6, 6.07) is 3.72. The van der Waals surface area contributed by atoms with Crippen molar-refractivity contribution in [3.8, 4) is 11.5 Å². The molecule has 0 unspecified atom stereocenters. The molecule has 0 saturated heterocycles. The van der Waals surface area contributed by atoms with Crippen LogP contribution < -0.4 is 9.47 Å². The molecule has 0 N–H and O–H groups in total. The van der Waals surface area contributed by atoms with Crippen molar-refractivity contribution < 1.29 is 14.3 Å². The van der Waals surface area contributed by atoms with Crippen molar-refractivity contribution in [2.45, 2.75) is 33.3 Å². The molecule has 0 spiro atoms. The van der Waals surface area contributed by atoms with Crippen molar-refractivity contribution in [2.24, 2.45) is 0 Å². The Hall–Kier alpha value is -1.51. The van der Waals surface area contributed by atoms with Crippen LogP contribution in [0.5, 0.6) is 11.5 Å². The minimum Gasteiger partial charge on any atom is -0.493 e. The highest BCUT2D eigenvalue weighted by Gasteiger charge is 2.19. The fraction of sp³-hybridized carbons (Fsp3) is 0.462. The zero-order valence-corrected chi connectivity index (χ0v) is 9.87. The van der Waals surface area contributed by atoms with E-state index in [1.54, 1.807) is 13.0 Å². The predicted octanol–water partition coefficient (Wildman–Crippen LogP) is 2.61. The third kappa shape index (κ3) is 2.03. The number of hydrogen-bond acceptors (Lipinski definition) is 3. The van der Waals surface area contributed by atoms with Crippen LogP contribution in [0.1, 0.15) is 36.7 Å². The molecule has 86 valence electrons. The quantitative estimate of drug-likeness (QED) is 0.734. The van der Waals surface area contributed by atoms with Gasteiger partial charge in [0.2, 0.25) is 0 Å². The van der Waals surface area contributed by atoms with E-state index >= 15 is 0 Å². The van der Waals surface area contributed by atoms with Gasteiger partial charge in [-0.3, -0.25) is 4.79 Å². The molecule has 0 saturated carbocycles. The van der Waals surface area contributed by atoms with Crippen molar-refractivity contribution in [1.29, 1.82) is 0 Å². The summed E-state index contributed by atoms with van der Waals surface area (Å²) in [4.78, 5) is 11.5. The van der Waals surface area contributed by atoms with E-state index in [1.165, 1.54) is 0 Å². The lowest BCUT2D eigenvalue weighted by atomic mass is 10.1. The van der Waals surface area contributed by atoms with E-state index in [0.29, 0.717) is 17.9 Å². The number of benzene rings is 1. The lowest BCUT2D eigenvalue weighted by Crippen LogP contribution is -2.09. The Morgan fingerprint density at radius 1 is 1.44 bits per heavy atom. The van der Waals surface area contributed by atoms with E-state index in [0.717, 1.165) is 17.7 Å². The van der Waals surface area contributed by atoms with Gasteiger partial charge in [0.15, 0.2) is 5.78 Å². The minimum atomic E-state index is 0.00829. The van der Waals surface area contributed by atoms with Crippen molar-refractivity contribution in [1.82, 2.24) is 0 Å². The smallest absolute Gasteiger partial charge is 0.163 e. The summed E-state index contributed by atoms with van der Waals surface area (Å²) < 4.78 is 11.1. The van der Waals surface area contributed by atoms with E-state index in [4.69, 9.17) is 9.47 Å².